The molecule has 1 aliphatic rings. The van der Waals surface area contributed by atoms with Gasteiger partial charge in [-0.3, -0.25) is 9.59 Å². The van der Waals surface area contributed by atoms with Crippen molar-refractivity contribution >= 4 is 11.8 Å². The average Bonchev–Trinajstić information content (AvgIpc) is 2.48. The SMILES string of the molecule is CCNC(=O)C1CCN(C(=O)c2ccc(C)cc2)CC1. The van der Waals surface area contributed by atoms with Crippen LogP contribution in [0.1, 0.15) is 35.7 Å². The molecule has 1 aromatic rings. The second-order valence-corrected chi connectivity index (χ2v) is 5.33. The van der Waals surface area contributed by atoms with Crippen molar-refractivity contribution in [3.63, 3.8) is 0 Å². The number of carbonyl (C=O) groups is 2. The maximum Gasteiger partial charge on any atom is 0.253 e. The summed E-state index contributed by atoms with van der Waals surface area (Å²) in [6.07, 6.45) is 1.51. The highest BCUT2D eigenvalue weighted by Crippen LogP contribution is 2.19. The van der Waals surface area contributed by atoms with Crippen molar-refractivity contribution in [2.45, 2.75) is 26.7 Å². The van der Waals surface area contributed by atoms with Crippen LogP contribution in [0.4, 0.5) is 0 Å². The van der Waals surface area contributed by atoms with E-state index in [9.17, 15) is 9.59 Å². The largest absolute Gasteiger partial charge is 0.356 e. The molecular weight excluding hydrogens is 252 g/mol. The Labute approximate surface area is 120 Å². The number of hydrogen-bond donors (Lipinski definition) is 1. The molecule has 4 heteroatoms. The van der Waals surface area contributed by atoms with E-state index in [1.54, 1.807) is 0 Å². The maximum absolute atomic E-state index is 12.3. The van der Waals surface area contributed by atoms with Crippen molar-refractivity contribution in [1.82, 2.24) is 10.2 Å². The summed E-state index contributed by atoms with van der Waals surface area (Å²) in [6.45, 7) is 5.92. The molecule has 4 nitrogen and oxygen atoms in total. The van der Waals surface area contributed by atoms with Gasteiger partial charge in [0.2, 0.25) is 5.91 Å². The smallest absolute Gasteiger partial charge is 0.253 e. The number of piperidine rings is 1. The molecule has 1 aliphatic heterocycles. The topological polar surface area (TPSA) is 49.4 Å². The number of nitrogens with one attached hydrogen (secondary N) is 1. The van der Waals surface area contributed by atoms with E-state index in [1.807, 2.05) is 43.0 Å². The van der Waals surface area contributed by atoms with Crippen LogP contribution in [0.15, 0.2) is 24.3 Å². The van der Waals surface area contributed by atoms with Crippen molar-refractivity contribution in [3.05, 3.63) is 35.4 Å². The summed E-state index contributed by atoms with van der Waals surface area (Å²) in [5, 5.41) is 2.85. The second-order valence-electron chi connectivity index (χ2n) is 5.33. The summed E-state index contributed by atoms with van der Waals surface area (Å²) >= 11 is 0. The third kappa shape index (κ3) is 3.38. The Kier molecular flexibility index (Phi) is 4.77. The highest BCUT2D eigenvalue weighted by atomic mass is 16.2. The van der Waals surface area contributed by atoms with Gasteiger partial charge < -0.3 is 10.2 Å². The number of likely N-dealkylation sites (tertiary alicyclic amines) is 1. The van der Waals surface area contributed by atoms with Gasteiger partial charge in [-0.05, 0) is 38.8 Å². The minimum Gasteiger partial charge on any atom is -0.356 e. The van der Waals surface area contributed by atoms with E-state index in [-0.39, 0.29) is 17.7 Å². The highest BCUT2D eigenvalue weighted by molar-refractivity contribution is 5.94. The summed E-state index contributed by atoms with van der Waals surface area (Å²) in [6, 6.07) is 7.64. The van der Waals surface area contributed by atoms with Crippen molar-refractivity contribution in [3.8, 4) is 0 Å². The van der Waals surface area contributed by atoms with Gasteiger partial charge in [0, 0.05) is 31.1 Å². The van der Waals surface area contributed by atoms with E-state index >= 15 is 0 Å². The van der Waals surface area contributed by atoms with Crippen LogP contribution in [0, 0.1) is 12.8 Å². The number of carbonyl (C=O) groups excluding carboxylic acids is 2. The molecule has 1 aromatic carbocycles. The van der Waals surface area contributed by atoms with Crippen LogP contribution in [-0.4, -0.2) is 36.3 Å². The van der Waals surface area contributed by atoms with E-state index in [2.05, 4.69) is 5.32 Å². The maximum atomic E-state index is 12.3. The van der Waals surface area contributed by atoms with Gasteiger partial charge >= 0.3 is 0 Å². The number of aryl methyl sites for hydroxylation is 1. The van der Waals surface area contributed by atoms with Crippen LogP contribution in [0.25, 0.3) is 0 Å². The molecule has 2 amide bonds. The fourth-order valence-corrected chi connectivity index (χ4v) is 2.54. The molecule has 108 valence electrons. The predicted molar refractivity (Wildman–Crippen MR) is 78.5 cm³/mol. The molecule has 0 bridgehead atoms. The van der Waals surface area contributed by atoms with Gasteiger partial charge in [-0.2, -0.15) is 0 Å². The molecule has 0 unspecified atom stereocenters. The summed E-state index contributed by atoms with van der Waals surface area (Å²) in [7, 11) is 0. The molecule has 2 rings (SSSR count). The monoisotopic (exact) mass is 274 g/mol. The van der Waals surface area contributed by atoms with Crippen LogP contribution >= 0.6 is 0 Å². The van der Waals surface area contributed by atoms with Crippen molar-refractivity contribution in [2.75, 3.05) is 19.6 Å². The molecular formula is C16H22N2O2. The van der Waals surface area contributed by atoms with Crippen LogP contribution in [0.3, 0.4) is 0 Å². The Morgan fingerprint density at radius 2 is 1.80 bits per heavy atom. The van der Waals surface area contributed by atoms with E-state index in [0.29, 0.717) is 19.6 Å². The van der Waals surface area contributed by atoms with Gasteiger partial charge in [-0.15, -0.1) is 0 Å². The Bertz CT molecular complexity index is 474. The predicted octanol–water partition coefficient (Wildman–Crippen LogP) is 1.98. The Hall–Kier alpha value is -1.84. The van der Waals surface area contributed by atoms with Crippen molar-refractivity contribution < 1.29 is 9.59 Å². The number of hydrogen-bond acceptors (Lipinski definition) is 2. The van der Waals surface area contributed by atoms with E-state index in [0.717, 1.165) is 24.0 Å². The lowest BCUT2D eigenvalue weighted by molar-refractivity contribution is -0.126. The molecule has 0 atom stereocenters. The van der Waals surface area contributed by atoms with Crippen LogP contribution in [0.5, 0.6) is 0 Å². The molecule has 1 heterocycles. The Balaban J connectivity index is 1.92. The highest BCUT2D eigenvalue weighted by Gasteiger charge is 2.27. The first-order valence-corrected chi connectivity index (χ1v) is 7.25. The zero-order chi connectivity index (χ0) is 14.5. The normalized spacial score (nSPS) is 16.0. The number of nitrogens with zero attached hydrogens (tertiary/aromatic N) is 1. The first kappa shape index (κ1) is 14.6. The van der Waals surface area contributed by atoms with Gasteiger partial charge in [-0.1, -0.05) is 17.7 Å². The molecule has 1 N–H and O–H groups in total. The van der Waals surface area contributed by atoms with Crippen LogP contribution in [0.2, 0.25) is 0 Å². The third-order valence-electron chi connectivity index (χ3n) is 3.80. The van der Waals surface area contributed by atoms with E-state index in [1.165, 1.54) is 0 Å². The fraction of sp³-hybridized carbons (Fsp3) is 0.500. The van der Waals surface area contributed by atoms with Gasteiger partial charge in [0.25, 0.3) is 5.91 Å². The number of benzene rings is 1. The molecule has 0 aromatic heterocycles. The van der Waals surface area contributed by atoms with Crippen molar-refractivity contribution in [1.29, 1.82) is 0 Å². The van der Waals surface area contributed by atoms with E-state index < -0.39 is 0 Å². The summed E-state index contributed by atoms with van der Waals surface area (Å²) in [5.74, 6) is 0.242. The second kappa shape index (κ2) is 6.55. The van der Waals surface area contributed by atoms with E-state index in [4.69, 9.17) is 0 Å². The quantitative estimate of drug-likeness (QED) is 0.916. The first-order valence-electron chi connectivity index (χ1n) is 7.25. The van der Waals surface area contributed by atoms with Crippen LogP contribution in [-0.2, 0) is 4.79 Å². The van der Waals surface area contributed by atoms with Gasteiger partial charge in [-0.25, -0.2) is 0 Å². The summed E-state index contributed by atoms with van der Waals surface area (Å²) in [5.41, 5.74) is 1.88. The molecule has 0 saturated carbocycles. The standard InChI is InChI=1S/C16H22N2O2/c1-3-17-15(19)13-8-10-18(11-9-13)16(20)14-6-4-12(2)5-7-14/h4-7,13H,3,8-11H2,1-2H3,(H,17,19). The molecule has 1 saturated heterocycles. The zero-order valence-electron chi connectivity index (χ0n) is 12.2. The lowest BCUT2D eigenvalue weighted by atomic mass is 9.95. The van der Waals surface area contributed by atoms with Gasteiger partial charge in [0.15, 0.2) is 0 Å². The minimum atomic E-state index is 0.0528. The minimum absolute atomic E-state index is 0.0528. The molecule has 1 fully saturated rings. The fourth-order valence-electron chi connectivity index (χ4n) is 2.54. The zero-order valence-corrected chi connectivity index (χ0v) is 12.2. The summed E-state index contributed by atoms with van der Waals surface area (Å²) in [4.78, 5) is 26.0. The number of rotatable bonds is 3. The van der Waals surface area contributed by atoms with Gasteiger partial charge in [0.1, 0.15) is 0 Å². The lowest BCUT2D eigenvalue weighted by Crippen LogP contribution is -2.43. The lowest BCUT2D eigenvalue weighted by Gasteiger charge is -2.31. The first-order chi connectivity index (χ1) is 9.61. The van der Waals surface area contributed by atoms with Crippen LogP contribution < -0.4 is 5.32 Å². The molecule has 0 spiro atoms. The molecule has 0 radical (unpaired) electrons. The van der Waals surface area contributed by atoms with Gasteiger partial charge in [0.05, 0.1) is 0 Å². The summed E-state index contributed by atoms with van der Waals surface area (Å²) < 4.78 is 0. The van der Waals surface area contributed by atoms with Crippen molar-refractivity contribution in [2.24, 2.45) is 5.92 Å². The average molecular weight is 274 g/mol. The molecule has 20 heavy (non-hydrogen) atoms. The number of amides is 2. The Morgan fingerprint density at radius 1 is 1.20 bits per heavy atom. The molecule has 0 aliphatic carbocycles. The third-order valence-corrected chi connectivity index (χ3v) is 3.80. The Morgan fingerprint density at radius 3 is 2.35 bits per heavy atom.